The van der Waals surface area contributed by atoms with E-state index in [1.54, 1.807) is 6.20 Å². The fourth-order valence-corrected chi connectivity index (χ4v) is 2.83. The lowest BCUT2D eigenvalue weighted by molar-refractivity contribution is -0.123. The molecule has 6 heteroatoms. The van der Waals surface area contributed by atoms with Gasteiger partial charge in [0.25, 0.3) is 6.47 Å². The Morgan fingerprint density at radius 2 is 1.88 bits per heavy atom. The molecule has 0 spiro atoms. The monoisotopic (exact) mass is 353 g/mol. The van der Waals surface area contributed by atoms with Crippen LogP contribution in [0.4, 0.5) is 5.69 Å². The van der Waals surface area contributed by atoms with Crippen LogP contribution in [0.25, 0.3) is 5.57 Å². The first-order chi connectivity index (χ1) is 12.6. The zero-order chi connectivity index (χ0) is 18.9. The summed E-state index contributed by atoms with van der Waals surface area (Å²) < 4.78 is 0. The largest absolute Gasteiger partial charge is 0.483 e. The number of hydrogen-bond donors (Lipinski definition) is 3. The third kappa shape index (κ3) is 4.92. The number of aryl methyl sites for hydroxylation is 1. The molecule has 1 aliphatic carbocycles. The highest BCUT2D eigenvalue weighted by Gasteiger charge is 2.39. The second kappa shape index (κ2) is 9.36. The molecule has 3 N–H and O–H groups in total. The Hall–Kier alpha value is -3.15. The molecule has 1 aliphatic rings. The van der Waals surface area contributed by atoms with Gasteiger partial charge in [0.2, 0.25) is 5.91 Å². The number of carbonyl (C=O) groups is 2. The molecule has 26 heavy (non-hydrogen) atoms. The van der Waals surface area contributed by atoms with Crippen molar-refractivity contribution in [3.05, 3.63) is 65.5 Å². The molecule has 0 aliphatic heterocycles. The van der Waals surface area contributed by atoms with Gasteiger partial charge in [-0.3, -0.25) is 14.6 Å². The Labute approximate surface area is 153 Å². The fraction of sp³-hybridized carbons (Fsp3) is 0.250. The summed E-state index contributed by atoms with van der Waals surface area (Å²) in [4.78, 5) is 24.7. The number of nitrogens with zero attached hydrogens (tertiary/aromatic N) is 1. The van der Waals surface area contributed by atoms with Crippen molar-refractivity contribution in [3.63, 3.8) is 0 Å². The quantitative estimate of drug-likeness (QED) is 0.549. The molecule has 1 amide bonds. The minimum atomic E-state index is -0.250. The molecule has 6 nitrogen and oxygen atoms in total. The smallest absolute Gasteiger partial charge is 0.290 e. The molecule has 0 saturated heterocycles. The zero-order valence-electron chi connectivity index (χ0n) is 14.9. The summed E-state index contributed by atoms with van der Waals surface area (Å²) in [6.45, 7) is 5.10. The van der Waals surface area contributed by atoms with Crippen molar-refractivity contribution in [2.75, 3.05) is 18.4 Å². The molecule has 1 atom stereocenters. The standard InChI is InChI=1S/C19H21N3O.CH2O2/c1-13-12-20-9-8-16(13)21-10-11-22-19(23)18-14(2)17(18)15-6-4-3-5-7-15;2-1-3/h3-9,12,18H,10-11H2,1-2H3,(H,20,21)(H,22,23);1H,(H,2,3). The lowest BCUT2D eigenvalue weighted by Crippen LogP contribution is -2.31. The third-order valence-electron chi connectivity index (χ3n) is 4.17. The van der Waals surface area contributed by atoms with Crippen molar-refractivity contribution >= 4 is 23.6 Å². The van der Waals surface area contributed by atoms with Crippen molar-refractivity contribution < 1.29 is 14.7 Å². The summed E-state index contributed by atoms with van der Waals surface area (Å²) in [7, 11) is 0. The highest BCUT2D eigenvalue weighted by atomic mass is 16.3. The third-order valence-corrected chi connectivity index (χ3v) is 4.17. The first-order valence-electron chi connectivity index (χ1n) is 8.36. The minimum absolute atomic E-state index is 0.0555. The van der Waals surface area contributed by atoms with Crippen molar-refractivity contribution in [2.24, 2.45) is 5.92 Å². The highest BCUT2D eigenvalue weighted by Crippen LogP contribution is 2.46. The van der Waals surface area contributed by atoms with E-state index in [-0.39, 0.29) is 18.3 Å². The Bertz CT molecular complexity index is 788. The summed E-state index contributed by atoms with van der Waals surface area (Å²) in [6.07, 6.45) is 3.59. The van der Waals surface area contributed by atoms with E-state index in [9.17, 15) is 4.79 Å². The number of aromatic nitrogens is 1. The first kappa shape index (κ1) is 19.2. The molecule has 0 radical (unpaired) electrons. The zero-order valence-corrected chi connectivity index (χ0v) is 14.9. The minimum Gasteiger partial charge on any atom is -0.483 e. The SMILES string of the molecule is CC1=C(c2ccccc2)C1C(=O)NCCNc1ccncc1C.O=CO. The Morgan fingerprint density at radius 1 is 1.19 bits per heavy atom. The predicted molar refractivity (Wildman–Crippen MR) is 102 cm³/mol. The van der Waals surface area contributed by atoms with Crippen LogP contribution in [0.5, 0.6) is 0 Å². The van der Waals surface area contributed by atoms with Gasteiger partial charge in [-0.05, 0) is 36.6 Å². The number of nitrogens with one attached hydrogen (secondary N) is 2. The van der Waals surface area contributed by atoms with Crippen LogP contribution in [0.3, 0.4) is 0 Å². The lowest BCUT2D eigenvalue weighted by Gasteiger charge is -2.10. The van der Waals surface area contributed by atoms with Gasteiger partial charge in [-0.2, -0.15) is 0 Å². The van der Waals surface area contributed by atoms with Gasteiger partial charge in [0.15, 0.2) is 0 Å². The first-order valence-corrected chi connectivity index (χ1v) is 8.36. The maximum Gasteiger partial charge on any atom is 0.290 e. The van der Waals surface area contributed by atoms with Crippen molar-refractivity contribution in [1.82, 2.24) is 10.3 Å². The van der Waals surface area contributed by atoms with E-state index in [1.807, 2.05) is 44.3 Å². The van der Waals surface area contributed by atoms with Gasteiger partial charge >= 0.3 is 0 Å². The van der Waals surface area contributed by atoms with Crippen LogP contribution in [-0.2, 0) is 9.59 Å². The molecule has 136 valence electrons. The van der Waals surface area contributed by atoms with Gasteiger partial charge in [0, 0.05) is 31.2 Å². The molecule has 3 rings (SSSR count). The number of hydrogen-bond acceptors (Lipinski definition) is 4. The molecule has 1 unspecified atom stereocenters. The second-order valence-electron chi connectivity index (χ2n) is 5.91. The Morgan fingerprint density at radius 3 is 2.54 bits per heavy atom. The average molecular weight is 353 g/mol. The fourth-order valence-electron chi connectivity index (χ4n) is 2.83. The van der Waals surface area contributed by atoms with E-state index < -0.39 is 0 Å². The number of amides is 1. The van der Waals surface area contributed by atoms with Gasteiger partial charge in [0.1, 0.15) is 0 Å². The van der Waals surface area contributed by atoms with Crippen molar-refractivity contribution in [3.8, 4) is 0 Å². The molecule has 1 heterocycles. The van der Waals surface area contributed by atoms with Crippen LogP contribution in [0.1, 0.15) is 18.1 Å². The molecular weight excluding hydrogens is 330 g/mol. The molecule has 1 aromatic carbocycles. The van der Waals surface area contributed by atoms with Gasteiger partial charge in [-0.15, -0.1) is 0 Å². The van der Waals surface area contributed by atoms with Crippen LogP contribution in [0, 0.1) is 12.8 Å². The number of carboxylic acid groups (broad SMARTS) is 1. The van der Waals surface area contributed by atoms with Gasteiger partial charge in [-0.1, -0.05) is 35.9 Å². The highest BCUT2D eigenvalue weighted by molar-refractivity contribution is 6.05. The molecule has 1 aromatic heterocycles. The molecule has 0 saturated carbocycles. The normalized spacial score (nSPS) is 14.8. The maximum absolute atomic E-state index is 12.3. The molecule has 2 aromatic rings. The molecule has 0 bridgehead atoms. The van der Waals surface area contributed by atoms with Crippen LogP contribution in [-0.4, -0.2) is 35.6 Å². The van der Waals surface area contributed by atoms with Crippen molar-refractivity contribution in [2.45, 2.75) is 13.8 Å². The predicted octanol–water partition coefficient (Wildman–Crippen LogP) is 2.72. The van der Waals surface area contributed by atoms with E-state index in [0.717, 1.165) is 16.8 Å². The van der Waals surface area contributed by atoms with E-state index in [2.05, 4.69) is 27.8 Å². The van der Waals surface area contributed by atoms with Crippen LogP contribution < -0.4 is 10.6 Å². The van der Waals surface area contributed by atoms with Crippen LogP contribution >= 0.6 is 0 Å². The summed E-state index contributed by atoms with van der Waals surface area (Å²) in [5, 5.41) is 13.2. The summed E-state index contributed by atoms with van der Waals surface area (Å²) in [5.74, 6) is 0.0367. The van der Waals surface area contributed by atoms with Gasteiger partial charge < -0.3 is 15.7 Å². The van der Waals surface area contributed by atoms with E-state index in [4.69, 9.17) is 9.90 Å². The summed E-state index contributed by atoms with van der Waals surface area (Å²) in [6, 6.07) is 12.0. The maximum atomic E-state index is 12.3. The molecule has 0 fully saturated rings. The van der Waals surface area contributed by atoms with Crippen LogP contribution in [0.2, 0.25) is 0 Å². The number of pyridine rings is 1. The number of rotatable bonds is 6. The van der Waals surface area contributed by atoms with Crippen molar-refractivity contribution in [1.29, 1.82) is 0 Å². The van der Waals surface area contributed by atoms with Crippen LogP contribution in [0.15, 0.2) is 54.4 Å². The molecular formula is C20H23N3O3. The number of anilines is 1. The topological polar surface area (TPSA) is 91.3 Å². The summed E-state index contributed by atoms with van der Waals surface area (Å²) in [5.41, 5.74) is 5.65. The van der Waals surface area contributed by atoms with E-state index in [0.29, 0.717) is 13.1 Å². The summed E-state index contributed by atoms with van der Waals surface area (Å²) >= 11 is 0. The second-order valence-corrected chi connectivity index (χ2v) is 5.91. The Kier molecular flexibility index (Phi) is 6.91. The van der Waals surface area contributed by atoms with E-state index in [1.165, 1.54) is 11.1 Å². The number of benzene rings is 1. The van der Waals surface area contributed by atoms with Gasteiger partial charge in [-0.25, -0.2) is 0 Å². The Balaban J connectivity index is 0.000000758. The van der Waals surface area contributed by atoms with E-state index >= 15 is 0 Å². The average Bonchev–Trinajstić information content (AvgIpc) is 3.32. The number of carbonyl (C=O) groups excluding carboxylic acids is 1. The lowest BCUT2D eigenvalue weighted by atomic mass is 10.1. The van der Waals surface area contributed by atoms with Gasteiger partial charge in [0.05, 0.1) is 5.92 Å².